The van der Waals surface area contributed by atoms with Crippen molar-refractivity contribution < 1.29 is 9.90 Å². The first-order valence-electron chi connectivity index (χ1n) is 3.58. The van der Waals surface area contributed by atoms with Crippen LogP contribution in [0.5, 0.6) is 0 Å². The fourth-order valence-corrected chi connectivity index (χ4v) is 1.26. The number of para-hydroxylation sites is 1. The van der Waals surface area contributed by atoms with Gasteiger partial charge in [-0.05, 0) is 12.1 Å². The van der Waals surface area contributed by atoms with E-state index < -0.39 is 5.97 Å². The van der Waals surface area contributed by atoms with E-state index in [0.717, 1.165) is 5.39 Å². The van der Waals surface area contributed by atoms with E-state index in [-0.39, 0.29) is 12.4 Å². The van der Waals surface area contributed by atoms with E-state index in [2.05, 4.69) is 4.98 Å². The zero-order valence-electron chi connectivity index (χ0n) is 6.65. The zero-order chi connectivity index (χ0) is 8.55. The normalized spacial score (nSPS) is 9.54. The van der Waals surface area contributed by atoms with Crippen molar-refractivity contribution in [3.05, 3.63) is 36.0 Å². The Hall–Kier alpha value is -1.48. The van der Waals surface area contributed by atoms with E-state index in [1.807, 2.05) is 12.1 Å². The Kier molecular flexibility index (Phi) is 2.58. The highest BCUT2D eigenvalue weighted by Crippen LogP contribution is 2.16. The summed E-state index contributed by atoms with van der Waals surface area (Å²) in [5.41, 5.74) is 1.00. The Balaban J connectivity index is 0.000000845. The van der Waals surface area contributed by atoms with Gasteiger partial charge in [0.1, 0.15) is 0 Å². The van der Waals surface area contributed by atoms with Crippen LogP contribution in [0.4, 0.5) is 0 Å². The molecule has 4 heteroatoms. The topological polar surface area (TPSA) is 53.1 Å². The van der Waals surface area contributed by atoms with Crippen molar-refractivity contribution in [2.45, 2.75) is 0 Å². The number of halogens is 1. The fourth-order valence-electron chi connectivity index (χ4n) is 1.26. The standard InChI is InChI=1S/C9H7NO2.ClH/c11-9(12)7-3-1-2-6-4-5-10-8(6)7;/h1-5,10H,(H,11,12);1H. The molecule has 0 spiro atoms. The molecule has 1 heterocycles. The van der Waals surface area contributed by atoms with Crippen LogP contribution in [0.25, 0.3) is 10.9 Å². The van der Waals surface area contributed by atoms with Crippen molar-refractivity contribution in [3.8, 4) is 0 Å². The predicted octanol–water partition coefficient (Wildman–Crippen LogP) is 2.29. The summed E-state index contributed by atoms with van der Waals surface area (Å²) >= 11 is 0. The minimum Gasteiger partial charge on any atom is -0.478 e. The van der Waals surface area contributed by atoms with Crippen LogP contribution < -0.4 is 0 Å². The molecule has 0 aliphatic carbocycles. The molecule has 1 aromatic carbocycles. The summed E-state index contributed by atoms with van der Waals surface area (Å²) in [6.45, 7) is 0. The molecule has 1 aromatic heterocycles. The molecule has 0 fully saturated rings. The molecule has 2 aromatic rings. The quantitative estimate of drug-likeness (QED) is 0.737. The molecule has 2 N–H and O–H groups in total. The highest BCUT2D eigenvalue weighted by Gasteiger charge is 2.07. The number of benzene rings is 1. The maximum absolute atomic E-state index is 10.7. The van der Waals surface area contributed by atoms with E-state index >= 15 is 0 Å². The van der Waals surface area contributed by atoms with E-state index in [9.17, 15) is 4.79 Å². The van der Waals surface area contributed by atoms with Gasteiger partial charge in [-0.3, -0.25) is 0 Å². The van der Waals surface area contributed by atoms with Crippen molar-refractivity contribution in [3.63, 3.8) is 0 Å². The van der Waals surface area contributed by atoms with E-state index in [1.54, 1.807) is 18.3 Å². The second kappa shape index (κ2) is 3.49. The monoisotopic (exact) mass is 197 g/mol. The molecule has 0 atom stereocenters. The van der Waals surface area contributed by atoms with Gasteiger partial charge in [-0.15, -0.1) is 12.4 Å². The molecule has 2 rings (SSSR count). The summed E-state index contributed by atoms with van der Waals surface area (Å²) in [7, 11) is 0. The number of aromatic amines is 1. The van der Waals surface area contributed by atoms with E-state index in [4.69, 9.17) is 5.11 Å². The predicted molar refractivity (Wildman–Crippen MR) is 52.5 cm³/mol. The molecule has 0 bridgehead atoms. The van der Waals surface area contributed by atoms with Crippen LogP contribution >= 0.6 is 12.4 Å². The van der Waals surface area contributed by atoms with Gasteiger partial charge in [0.05, 0.1) is 11.1 Å². The molecule has 68 valence electrons. The van der Waals surface area contributed by atoms with Gasteiger partial charge in [0.25, 0.3) is 0 Å². The summed E-state index contributed by atoms with van der Waals surface area (Å²) in [5, 5.41) is 9.71. The van der Waals surface area contributed by atoms with Gasteiger partial charge in [-0.25, -0.2) is 4.79 Å². The van der Waals surface area contributed by atoms with Crippen molar-refractivity contribution in [2.24, 2.45) is 0 Å². The number of rotatable bonds is 1. The molecule has 0 aliphatic heterocycles. The minimum absolute atomic E-state index is 0. The summed E-state index contributed by atoms with van der Waals surface area (Å²) < 4.78 is 0. The van der Waals surface area contributed by atoms with Gasteiger partial charge in [0.15, 0.2) is 0 Å². The first-order valence-corrected chi connectivity index (χ1v) is 3.58. The fraction of sp³-hybridized carbons (Fsp3) is 0. The number of fused-ring (bicyclic) bond motifs is 1. The van der Waals surface area contributed by atoms with Gasteiger partial charge >= 0.3 is 5.97 Å². The highest BCUT2D eigenvalue weighted by atomic mass is 35.5. The third-order valence-corrected chi connectivity index (χ3v) is 1.82. The molecule has 0 aliphatic rings. The number of hydrogen-bond donors (Lipinski definition) is 2. The molecular formula is C9H8ClNO2. The molecule has 0 saturated carbocycles. The molecule has 0 amide bonds. The third-order valence-electron chi connectivity index (χ3n) is 1.82. The van der Waals surface area contributed by atoms with Crippen LogP contribution in [-0.4, -0.2) is 16.1 Å². The van der Waals surface area contributed by atoms with Gasteiger partial charge in [-0.2, -0.15) is 0 Å². The first-order chi connectivity index (χ1) is 5.79. The number of nitrogens with one attached hydrogen (secondary N) is 1. The van der Waals surface area contributed by atoms with Crippen LogP contribution in [0.15, 0.2) is 30.5 Å². The van der Waals surface area contributed by atoms with Crippen LogP contribution in [0.1, 0.15) is 10.4 Å². The number of aromatic carboxylic acids is 1. The van der Waals surface area contributed by atoms with Crippen LogP contribution in [0, 0.1) is 0 Å². The Morgan fingerprint density at radius 3 is 2.77 bits per heavy atom. The molecule has 0 radical (unpaired) electrons. The number of hydrogen-bond acceptors (Lipinski definition) is 1. The van der Waals surface area contributed by atoms with Gasteiger partial charge in [0, 0.05) is 11.6 Å². The van der Waals surface area contributed by atoms with Crippen molar-refractivity contribution in [2.75, 3.05) is 0 Å². The lowest BCUT2D eigenvalue weighted by atomic mass is 10.1. The summed E-state index contributed by atoms with van der Waals surface area (Å²) in [4.78, 5) is 13.6. The first kappa shape index (κ1) is 9.61. The summed E-state index contributed by atoms with van der Waals surface area (Å²) in [6, 6.07) is 7.04. The minimum atomic E-state index is -0.900. The SMILES string of the molecule is Cl.O=C(O)c1cccc2cc[nH]c12. The molecular weight excluding hydrogens is 190 g/mol. The van der Waals surface area contributed by atoms with Crippen molar-refractivity contribution in [1.82, 2.24) is 4.98 Å². The zero-order valence-corrected chi connectivity index (χ0v) is 7.47. The van der Waals surface area contributed by atoms with Gasteiger partial charge < -0.3 is 10.1 Å². The number of carbonyl (C=O) groups is 1. The Bertz CT molecular complexity index is 436. The average molecular weight is 198 g/mol. The van der Waals surface area contributed by atoms with Crippen molar-refractivity contribution in [1.29, 1.82) is 0 Å². The van der Waals surface area contributed by atoms with Crippen molar-refractivity contribution >= 4 is 29.3 Å². The lowest BCUT2D eigenvalue weighted by Gasteiger charge is -1.95. The number of aromatic nitrogens is 1. The van der Waals surface area contributed by atoms with E-state index in [1.165, 1.54) is 0 Å². The second-order valence-corrected chi connectivity index (χ2v) is 2.55. The van der Waals surface area contributed by atoms with E-state index in [0.29, 0.717) is 11.1 Å². The maximum Gasteiger partial charge on any atom is 0.337 e. The Morgan fingerprint density at radius 1 is 1.31 bits per heavy atom. The number of carboxylic acid groups (broad SMARTS) is 1. The summed E-state index contributed by atoms with van der Waals surface area (Å²) in [6.07, 6.45) is 1.73. The largest absolute Gasteiger partial charge is 0.478 e. The highest BCUT2D eigenvalue weighted by molar-refractivity contribution is 6.01. The second-order valence-electron chi connectivity index (χ2n) is 2.55. The average Bonchev–Trinajstić information content (AvgIpc) is 2.49. The smallest absolute Gasteiger partial charge is 0.337 e. The molecule has 3 nitrogen and oxygen atoms in total. The number of H-pyrrole nitrogens is 1. The molecule has 13 heavy (non-hydrogen) atoms. The maximum atomic E-state index is 10.7. The molecule has 0 unspecified atom stereocenters. The van der Waals surface area contributed by atoms with Gasteiger partial charge in [-0.1, -0.05) is 12.1 Å². The Morgan fingerprint density at radius 2 is 2.08 bits per heavy atom. The van der Waals surface area contributed by atoms with Crippen LogP contribution in [-0.2, 0) is 0 Å². The van der Waals surface area contributed by atoms with Crippen LogP contribution in [0.3, 0.4) is 0 Å². The lowest BCUT2D eigenvalue weighted by Crippen LogP contribution is -1.96. The molecule has 0 saturated heterocycles. The summed E-state index contributed by atoms with van der Waals surface area (Å²) in [5.74, 6) is -0.900. The third kappa shape index (κ3) is 1.51. The van der Waals surface area contributed by atoms with Crippen LogP contribution in [0.2, 0.25) is 0 Å². The Labute approximate surface area is 80.8 Å². The number of carboxylic acids is 1. The lowest BCUT2D eigenvalue weighted by molar-refractivity contribution is 0.0699. The van der Waals surface area contributed by atoms with Gasteiger partial charge in [0.2, 0.25) is 0 Å².